The second kappa shape index (κ2) is 5.52. The van der Waals surface area contributed by atoms with Crippen molar-refractivity contribution in [2.45, 2.75) is 6.92 Å². The van der Waals surface area contributed by atoms with Crippen molar-refractivity contribution in [1.29, 1.82) is 0 Å². The molecule has 0 saturated carbocycles. The molecule has 0 atom stereocenters. The number of rotatable bonds is 1. The summed E-state index contributed by atoms with van der Waals surface area (Å²) in [5.41, 5.74) is 2.13. The van der Waals surface area contributed by atoms with Crippen molar-refractivity contribution in [3.63, 3.8) is 0 Å². The molecule has 0 fully saturated rings. The molecule has 21 heavy (non-hydrogen) atoms. The quantitative estimate of drug-likeness (QED) is 0.493. The van der Waals surface area contributed by atoms with Crippen LogP contribution in [0.5, 0.6) is 0 Å². The van der Waals surface area contributed by atoms with Crippen molar-refractivity contribution in [2.75, 3.05) is 0 Å². The molecule has 0 amide bonds. The highest BCUT2D eigenvalue weighted by atomic mass is 79.9. The standard InChI is InChI=1S/C15H8BrCl2FN2/c1-7-2-3-8(11(17)4-7)15-20-13-6-12(19)10(16)5-9(13)14(18)21-15/h2-6H,1H3. The zero-order valence-electron chi connectivity index (χ0n) is 10.8. The van der Waals surface area contributed by atoms with Crippen LogP contribution in [0.25, 0.3) is 22.3 Å². The number of fused-ring (bicyclic) bond motifs is 1. The molecule has 6 heteroatoms. The van der Waals surface area contributed by atoms with Crippen molar-refractivity contribution >= 4 is 50.0 Å². The summed E-state index contributed by atoms with van der Waals surface area (Å²) in [5.74, 6) is -0.0301. The molecule has 2 aromatic carbocycles. The normalized spacial score (nSPS) is 11.1. The molecule has 106 valence electrons. The average molecular weight is 386 g/mol. The van der Waals surface area contributed by atoms with Crippen molar-refractivity contribution in [3.8, 4) is 11.4 Å². The van der Waals surface area contributed by atoms with Gasteiger partial charge in [-0.1, -0.05) is 29.3 Å². The summed E-state index contributed by atoms with van der Waals surface area (Å²) in [6.07, 6.45) is 0. The second-order valence-corrected chi connectivity index (χ2v) is 6.22. The van der Waals surface area contributed by atoms with Crippen LogP contribution in [0.3, 0.4) is 0 Å². The van der Waals surface area contributed by atoms with E-state index >= 15 is 0 Å². The molecule has 0 aliphatic heterocycles. The molecule has 0 aliphatic rings. The summed E-state index contributed by atoms with van der Waals surface area (Å²) in [6, 6.07) is 8.43. The minimum atomic E-state index is -0.404. The number of benzene rings is 2. The van der Waals surface area contributed by atoms with Gasteiger partial charge in [-0.2, -0.15) is 0 Å². The van der Waals surface area contributed by atoms with Crippen LogP contribution in [0.2, 0.25) is 10.2 Å². The van der Waals surface area contributed by atoms with Gasteiger partial charge >= 0.3 is 0 Å². The fourth-order valence-corrected chi connectivity index (χ4v) is 2.90. The van der Waals surface area contributed by atoms with Gasteiger partial charge in [0.15, 0.2) is 5.82 Å². The molecule has 0 unspecified atom stereocenters. The summed E-state index contributed by atoms with van der Waals surface area (Å²) < 4.78 is 14.0. The van der Waals surface area contributed by atoms with E-state index in [1.807, 2.05) is 25.1 Å². The van der Waals surface area contributed by atoms with Gasteiger partial charge in [0, 0.05) is 17.0 Å². The van der Waals surface area contributed by atoms with Crippen LogP contribution in [0.4, 0.5) is 4.39 Å². The third-order valence-corrected chi connectivity index (χ3v) is 4.27. The number of halogens is 4. The first-order chi connectivity index (χ1) is 9.95. The zero-order valence-corrected chi connectivity index (χ0v) is 13.9. The third kappa shape index (κ3) is 2.76. The minimum absolute atomic E-state index is 0.257. The molecule has 0 radical (unpaired) electrons. The van der Waals surface area contributed by atoms with Crippen molar-refractivity contribution in [1.82, 2.24) is 9.97 Å². The first-order valence-electron chi connectivity index (χ1n) is 6.04. The van der Waals surface area contributed by atoms with Crippen molar-refractivity contribution in [3.05, 3.63) is 56.4 Å². The Hall–Kier alpha value is -1.23. The molecule has 0 aliphatic carbocycles. The number of aryl methyl sites for hydroxylation is 1. The fourth-order valence-electron chi connectivity index (χ4n) is 2.01. The Bertz CT molecular complexity index is 868. The van der Waals surface area contributed by atoms with E-state index in [1.165, 1.54) is 6.07 Å². The number of aromatic nitrogens is 2. The minimum Gasteiger partial charge on any atom is -0.228 e. The predicted molar refractivity (Wildman–Crippen MR) is 87.4 cm³/mol. The molecular weight excluding hydrogens is 378 g/mol. The fraction of sp³-hybridized carbons (Fsp3) is 0.0667. The molecule has 3 aromatic rings. The van der Waals surface area contributed by atoms with Gasteiger partial charge in [-0.25, -0.2) is 14.4 Å². The van der Waals surface area contributed by atoms with E-state index in [1.54, 1.807) is 6.07 Å². The lowest BCUT2D eigenvalue weighted by Crippen LogP contribution is -1.94. The summed E-state index contributed by atoms with van der Waals surface area (Å²) in [5, 5.41) is 1.37. The number of hydrogen-bond donors (Lipinski definition) is 0. The van der Waals surface area contributed by atoms with Crippen LogP contribution < -0.4 is 0 Å². The zero-order chi connectivity index (χ0) is 15.1. The first-order valence-corrected chi connectivity index (χ1v) is 7.59. The molecule has 0 bridgehead atoms. The Kier molecular flexibility index (Phi) is 3.86. The maximum Gasteiger partial charge on any atom is 0.162 e. The van der Waals surface area contributed by atoms with Crippen molar-refractivity contribution in [2.24, 2.45) is 0 Å². The van der Waals surface area contributed by atoms with Gasteiger partial charge in [-0.15, -0.1) is 0 Å². The molecule has 1 heterocycles. The van der Waals surface area contributed by atoms with Gasteiger partial charge in [-0.05, 0) is 46.6 Å². The van der Waals surface area contributed by atoms with Crippen LogP contribution in [0.1, 0.15) is 5.56 Å². The molecular formula is C15H8BrCl2FN2. The highest BCUT2D eigenvalue weighted by Gasteiger charge is 2.13. The Labute approximate surface area is 139 Å². The van der Waals surface area contributed by atoms with E-state index < -0.39 is 5.82 Å². The Morgan fingerprint density at radius 1 is 1.10 bits per heavy atom. The first kappa shape index (κ1) is 14.7. The van der Waals surface area contributed by atoms with E-state index in [-0.39, 0.29) is 5.15 Å². The predicted octanol–water partition coefficient (Wildman–Crippen LogP) is 5.81. The van der Waals surface area contributed by atoms with Gasteiger partial charge in [0.25, 0.3) is 0 Å². The van der Waals surface area contributed by atoms with Gasteiger partial charge in [0.2, 0.25) is 0 Å². The molecule has 0 spiro atoms. The van der Waals surface area contributed by atoms with Crippen molar-refractivity contribution < 1.29 is 4.39 Å². The maximum absolute atomic E-state index is 13.7. The lowest BCUT2D eigenvalue weighted by atomic mass is 10.1. The SMILES string of the molecule is Cc1ccc(-c2nc(Cl)c3cc(Br)c(F)cc3n2)c(Cl)c1. The van der Waals surface area contributed by atoms with Crippen LogP contribution in [0.15, 0.2) is 34.8 Å². The van der Waals surface area contributed by atoms with Gasteiger partial charge in [0.05, 0.1) is 15.0 Å². The third-order valence-electron chi connectivity index (χ3n) is 3.06. The largest absolute Gasteiger partial charge is 0.228 e. The molecule has 0 saturated heterocycles. The lowest BCUT2D eigenvalue weighted by Gasteiger charge is -2.07. The average Bonchev–Trinajstić information content (AvgIpc) is 2.41. The Balaban J connectivity index is 2.27. The van der Waals surface area contributed by atoms with E-state index in [0.717, 1.165) is 5.56 Å². The van der Waals surface area contributed by atoms with Crippen LogP contribution >= 0.6 is 39.1 Å². The van der Waals surface area contributed by atoms with Gasteiger partial charge in [0.1, 0.15) is 11.0 Å². The Morgan fingerprint density at radius 2 is 1.86 bits per heavy atom. The topological polar surface area (TPSA) is 25.8 Å². The number of hydrogen-bond acceptors (Lipinski definition) is 2. The van der Waals surface area contributed by atoms with E-state index in [9.17, 15) is 4.39 Å². The van der Waals surface area contributed by atoms with Gasteiger partial charge in [-0.3, -0.25) is 0 Å². The maximum atomic E-state index is 13.7. The monoisotopic (exact) mass is 384 g/mol. The molecule has 1 aromatic heterocycles. The van der Waals surface area contributed by atoms with Crippen LogP contribution in [-0.4, -0.2) is 9.97 Å². The van der Waals surface area contributed by atoms with E-state index in [0.29, 0.717) is 31.8 Å². The second-order valence-electron chi connectivity index (χ2n) is 4.60. The number of nitrogens with zero attached hydrogens (tertiary/aromatic N) is 2. The highest BCUT2D eigenvalue weighted by molar-refractivity contribution is 9.10. The van der Waals surface area contributed by atoms with E-state index in [4.69, 9.17) is 23.2 Å². The lowest BCUT2D eigenvalue weighted by molar-refractivity contribution is 0.623. The summed E-state index contributed by atoms with van der Waals surface area (Å²) in [6.45, 7) is 1.94. The van der Waals surface area contributed by atoms with Crippen LogP contribution in [0, 0.1) is 12.7 Å². The summed E-state index contributed by atoms with van der Waals surface area (Å²) in [4.78, 5) is 8.62. The van der Waals surface area contributed by atoms with E-state index in [2.05, 4.69) is 25.9 Å². The molecule has 2 nitrogen and oxygen atoms in total. The summed E-state index contributed by atoms with van der Waals surface area (Å²) >= 11 is 15.5. The Morgan fingerprint density at radius 3 is 2.57 bits per heavy atom. The molecule has 0 N–H and O–H groups in total. The highest BCUT2D eigenvalue weighted by Crippen LogP contribution is 2.31. The van der Waals surface area contributed by atoms with Gasteiger partial charge < -0.3 is 0 Å². The smallest absolute Gasteiger partial charge is 0.162 e. The van der Waals surface area contributed by atoms with Crippen LogP contribution in [-0.2, 0) is 0 Å². The summed E-state index contributed by atoms with van der Waals surface area (Å²) in [7, 11) is 0. The molecule has 3 rings (SSSR count).